The lowest BCUT2D eigenvalue weighted by molar-refractivity contribution is 0.213. The largest absolute Gasteiger partial charge is 0.489 e. The van der Waals surface area contributed by atoms with Crippen LogP contribution in [-0.2, 0) is 0 Å². The Balaban J connectivity index is 2.07. The van der Waals surface area contributed by atoms with Crippen molar-refractivity contribution in [3.63, 3.8) is 0 Å². The maximum atomic E-state index is 6.13. The molecule has 112 valence electrons. The molecule has 0 saturated heterocycles. The molecule has 0 spiro atoms. The Morgan fingerprint density at radius 1 is 0.952 bits per heavy atom. The molecule has 0 aliphatic rings. The Morgan fingerprint density at radius 3 is 2.33 bits per heavy atom. The van der Waals surface area contributed by atoms with Gasteiger partial charge in [0.15, 0.2) is 0 Å². The zero-order valence-electron chi connectivity index (χ0n) is 13.2. The molecule has 0 amide bonds. The number of para-hydroxylation sites is 1. The Hall–Kier alpha value is -1.80. The van der Waals surface area contributed by atoms with Gasteiger partial charge in [-0.15, -0.1) is 0 Å². The Bertz CT molecular complexity index is 538. The number of rotatable bonds is 7. The van der Waals surface area contributed by atoms with E-state index in [0.717, 1.165) is 24.3 Å². The number of ether oxygens (including phenoxy) is 1. The van der Waals surface area contributed by atoms with Crippen LogP contribution in [0.5, 0.6) is 5.75 Å². The van der Waals surface area contributed by atoms with Crippen molar-refractivity contribution in [1.82, 2.24) is 5.32 Å². The summed E-state index contributed by atoms with van der Waals surface area (Å²) in [6.45, 7) is 7.35. The van der Waals surface area contributed by atoms with E-state index in [2.05, 4.69) is 62.5 Å². The van der Waals surface area contributed by atoms with E-state index in [4.69, 9.17) is 4.74 Å². The molecule has 0 fully saturated rings. The van der Waals surface area contributed by atoms with Gasteiger partial charge in [-0.25, -0.2) is 0 Å². The van der Waals surface area contributed by atoms with Crippen LogP contribution in [0.2, 0.25) is 0 Å². The van der Waals surface area contributed by atoms with Crippen molar-refractivity contribution < 1.29 is 4.74 Å². The van der Waals surface area contributed by atoms with Crippen molar-refractivity contribution in [3.05, 3.63) is 54.6 Å². The minimum atomic E-state index is 0.142. The molecular weight excluding hydrogens is 258 g/mol. The molecule has 0 aliphatic carbocycles. The van der Waals surface area contributed by atoms with Crippen molar-refractivity contribution in [2.24, 2.45) is 0 Å². The number of nitrogens with one attached hydrogen (secondary N) is 1. The van der Waals surface area contributed by atoms with E-state index in [1.54, 1.807) is 0 Å². The van der Waals surface area contributed by atoms with Gasteiger partial charge in [0.25, 0.3) is 0 Å². The summed E-state index contributed by atoms with van der Waals surface area (Å²) in [4.78, 5) is 0. The highest BCUT2D eigenvalue weighted by atomic mass is 16.5. The second-order valence-electron chi connectivity index (χ2n) is 5.51. The minimum Gasteiger partial charge on any atom is -0.489 e. The number of benzene rings is 2. The monoisotopic (exact) mass is 283 g/mol. The average molecular weight is 283 g/mol. The molecule has 2 aromatic carbocycles. The van der Waals surface area contributed by atoms with Gasteiger partial charge >= 0.3 is 0 Å². The fraction of sp³-hybridized carbons (Fsp3) is 0.368. The smallest absolute Gasteiger partial charge is 0.127 e. The summed E-state index contributed by atoms with van der Waals surface area (Å²) in [5.41, 5.74) is 2.34. The molecule has 0 heterocycles. The standard InChI is InChI=1S/C19H25NO/c1-4-15(2)20-14-16(3)21-19-13-9-8-12-18(19)17-10-6-5-7-11-17/h5-13,15-16,20H,4,14H2,1-3H3. The van der Waals surface area contributed by atoms with Crippen LogP contribution in [0.1, 0.15) is 27.2 Å². The molecule has 2 aromatic rings. The molecule has 1 N–H and O–H groups in total. The molecular formula is C19H25NO. The maximum Gasteiger partial charge on any atom is 0.127 e. The van der Waals surface area contributed by atoms with Crippen LogP contribution in [-0.4, -0.2) is 18.7 Å². The fourth-order valence-corrected chi connectivity index (χ4v) is 2.20. The fourth-order valence-electron chi connectivity index (χ4n) is 2.20. The van der Waals surface area contributed by atoms with E-state index in [1.165, 1.54) is 5.56 Å². The lowest BCUT2D eigenvalue weighted by Crippen LogP contribution is -2.34. The topological polar surface area (TPSA) is 21.3 Å². The quantitative estimate of drug-likeness (QED) is 0.807. The SMILES string of the molecule is CCC(C)NCC(C)Oc1ccccc1-c1ccccc1. The first-order valence-corrected chi connectivity index (χ1v) is 7.75. The third-order valence-corrected chi connectivity index (χ3v) is 3.67. The molecule has 2 nitrogen and oxygen atoms in total. The molecule has 2 unspecified atom stereocenters. The second kappa shape index (κ2) is 7.84. The van der Waals surface area contributed by atoms with E-state index >= 15 is 0 Å². The van der Waals surface area contributed by atoms with Crippen LogP contribution in [0.25, 0.3) is 11.1 Å². The normalized spacial score (nSPS) is 13.7. The van der Waals surface area contributed by atoms with Crippen molar-refractivity contribution in [3.8, 4) is 16.9 Å². The third kappa shape index (κ3) is 4.61. The van der Waals surface area contributed by atoms with Crippen molar-refractivity contribution in [2.75, 3.05) is 6.54 Å². The summed E-state index contributed by atoms with van der Waals surface area (Å²) in [7, 11) is 0. The van der Waals surface area contributed by atoms with E-state index in [1.807, 2.05) is 18.2 Å². The molecule has 2 heteroatoms. The highest BCUT2D eigenvalue weighted by molar-refractivity contribution is 5.70. The maximum absolute atomic E-state index is 6.13. The Labute approximate surface area is 128 Å². The first-order chi connectivity index (χ1) is 10.2. The van der Waals surface area contributed by atoms with Crippen LogP contribution in [0.15, 0.2) is 54.6 Å². The Kier molecular flexibility index (Phi) is 5.82. The summed E-state index contributed by atoms with van der Waals surface area (Å²) in [5.74, 6) is 0.946. The van der Waals surface area contributed by atoms with Crippen molar-refractivity contribution in [2.45, 2.75) is 39.3 Å². The molecule has 0 bridgehead atoms. The number of hydrogen-bond acceptors (Lipinski definition) is 2. The minimum absolute atomic E-state index is 0.142. The van der Waals surface area contributed by atoms with Crippen LogP contribution in [0.3, 0.4) is 0 Å². The van der Waals surface area contributed by atoms with E-state index in [9.17, 15) is 0 Å². The van der Waals surface area contributed by atoms with Crippen molar-refractivity contribution in [1.29, 1.82) is 0 Å². The zero-order chi connectivity index (χ0) is 15.1. The predicted octanol–water partition coefficient (Wildman–Crippen LogP) is 4.51. The van der Waals surface area contributed by atoms with Gasteiger partial charge in [0, 0.05) is 18.2 Å². The second-order valence-corrected chi connectivity index (χ2v) is 5.51. The van der Waals surface area contributed by atoms with Gasteiger partial charge in [-0.1, -0.05) is 55.5 Å². The first kappa shape index (κ1) is 15.6. The molecule has 2 atom stereocenters. The van der Waals surface area contributed by atoms with E-state index < -0.39 is 0 Å². The average Bonchev–Trinajstić information content (AvgIpc) is 2.54. The van der Waals surface area contributed by atoms with Crippen molar-refractivity contribution >= 4 is 0 Å². The highest BCUT2D eigenvalue weighted by Gasteiger charge is 2.10. The third-order valence-electron chi connectivity index (χ3n) is 3.67. The van der Waals surface area contributed by atoms with Gasteiger partial charge < -0.3 is 10.1 Å². The lowest BCUT2D eigenvalue weighted by atomic mass is 10.0. The molecule has 21 heavy (non-hydrogen) atoms. The molecule has 2 rings (SSSR count). The lowest BCUT2D eigenvalue weighted by Gasteiger charge is -2.20. The summed E-state index contributed by atoms with van der Waals surface area (Å²) in [6.07, 6.45) is 1.27. The van der Waals surface area contributed by atoms with E-state index in [0.29, 0.717) is 6.04 Å². The highest BCUT2D eigenvalue weighted by Crippen LogP contribution is 2.30. The Morgan fingerprint density at radius 2 is 1.62 bits per heavy atom. The van der Waals surface area contributed by atoms with Gasteiger partial charge in [-0.3, -0.25) is 0 Å². The molecule has 0 aliphatic heterocycles. The summed E-state index contributed by atoms with van der Waals surface area (Å²) in [5, 5.41) is 3.49. The van der Waals surface area contributed by atoms with Gasteiger partial charge in [0.1, 0.15) is 11.9 Å². The summed E-state index contributed by atoms with van der Waals surface area (Å²) >= 11 is 0. The van der Waals surface area contributed by atoms with Gasteiger partial charge in [0.05, 0.1) is 0 Å². The van der Waals surface area contributed by atoms with E-state index in [-0.39, 0.29) is 6.10 Å². The van der Waals surface area contributed by atoms with Gasteiger partial charge in [-0.05, 0) is 31.9 Å². The van der Waals surface area contributed by atoms with Crippen LogP contribution < -0.4 is 10.1 Å². The molecule has 0 radical (unpaired) electrons. The van der Waals surface area contributed by atoms with Crippen LogP contribution >= 0.6 is 0 Å². The predicted molar refractivity (Wildman–Crippen MR) is 89.7 cm³/mol. The van der Waals surface area contributed by atoms with Crippen LogP contribution in [0, 0.1) is 0 Å². The number of hydrogen-bond donors (Lipinski definition) is 1. The first-order valence-electron chi connectivity index (χ1n) is 7.75. The summed E-state index contributed by atoms with van der Waals surface area (Å²) < 4.78 is 6.13. The molecule has 0 saturated carbocycles. The van der Waals surface area contributed by atoms with Gasteiger partial charge in [-0.2, -0.15) is 0 Å². The zero-order valence-corrected chi connectivity index (χ0v) is 13.2. The van der Waals surface area contributed by atoms with Gasteiger partial charge in [0.2, 0.25) is 0 Å². The summed E-state index contributed by atoms with van der Waals surface area (Å²) in [6, 6.07) is 19.1. The van der Waals surface area contributed by atoms with Crippen LogP contribution in [0.4, 0.5) is 0 Å². The molecule has 0 aromatic heterocycles.